The quantitative estimate of drug-likeness (QED) is 0.912. The molecule has 0 saturated carbocycles. The number of rotatable bonds is 3. The van der Waals surface area contributed by atoms with Crippen molar-refractivity contribution in [1.29, 1.82) is 0 Å². The van der Waals surface area contributed by atoms with Crippen LogP contribution in [-0.2, 0) is 6.54 Å². The second kappa shape index (κ2) is 5.55. The predicted octanol–water partition coefficient (Wildman–Crippen LogP) is 1.83. The molecule has 0 radical (unpaired) electrons. The molecule has 19 heavy (non-hydrogen) atoms. The molecule has 1 unspecified atom stereocenters. The lowest BCUT2D eigenvalue weighted by molar-refractivity contribution is 0.0668. The Hall–Kier alpha value is -1.65. The van der Waals surface area contributed by atoms with Crippen LogP contribution in [0.3, 0.4) is 0 Å². The van der Waals surface area contributed by atoms with Gasteiger partial charge >= 0.3 is 0 Å². The van der Waals surface area contributed by atoms with Crippen molar-refractivity contribution in [2.24, 2.45) is 0 Å². The molecule has 0 amide bonds. The van der Waals surface area contributed by atoms with Gasteiger partial charge in [-0.1, -0.05) is 12.1 Å². The van der Waals surface area contributed by atoms with Gasteiger partial charge < -0.3 is 9.67 Å². The van der Waals surface area contributed by atoms with E-state index in [0.29, 0.717) is 0 Å². The van der Waals surface area contributed by atoms with Crippen LogP contribution in [0.15, 0.2) is 43.0 Å². The van der Waals surface area contributed by atoms with Gasteiger partial charge in [-0.25, -0.2) is 4.98 Å². The summed E-state index contributed by atoms with van der Waals surface area (Å²) < 4.78 is 1.99. The SMILES string of the molecule is OC1CCCN(Cc2ccc(-n3ccnc3)cc2)C1. The summed E-state index contributed by atoms with van der Waals surface area (Å²) in [5.74, 6) is 0. The number of piperidine rings is 1. The number of aliphatic hydroxyl groups is 1. The van der Waals surface area contributed by atoms with Crippen molar-refractivity contribution >= 4 is 0 Å². The second-order valence-corrected chi connectivity index (χ2v) is 5.17. The molecule has 4 nitrogen and oxygen atoms in total. The number of hydrogen-bond acceptors (Lipinski definition) is 3. The molecule has 1 aliphatic heterocycles. The molecular formula is C15H19N3O. The molecule has 3 rings (SSSR count). The van der Waals surface area contributed by atoms with Crippen LogP contribution in [0.25, 0.3) is 5.69 Å². The van der Waals surface area contributed by atoms with E-state index < -0.39 is 0 Å². The summed E-state index contributed by atoms with van der Waals surface area (Å²) in [6, 6.07) is 8.52. The first-order valence-corrected chi connectivity index (χ1v) is 6.79. The fraction of sp³-hybridized carbons (Fsp3) is 0.400. The molecule has 1 atom stereocenters. The van der Waals surface area contributed by atoms with Crippen LogP contribution < -0.4 is 0 Å². The normalized spacial score (nSPS) is 20.6. The third kappa shape index (κ3) is 3.03. The Morgan fingerprint density at radius 3 is 2.79 bits per heavy atom. The Morgan fingerprint density at radius 2 is 2.11 bits per heavy atom. The molecule has 100 valence electrons. The molecule has 2 heterocycles. The number of imidazole rings is 1. The van der Waals surface area contributed by atoms with Crippen LogP contribution in [0.5, 0.6) is 0 Å². The highest BCUT2D eigenvalue weighted by atomic mass is 16.3. The lowest BCUT2D eigenvalue weighted by atomic mass is 10.1. The first-order valence-electron chi connectivity index (χ1n) is 6.79. The van der Waals surface area contributed by atoms with Crippen LogP contribution in [0.2, 0.25) is 0 Å². The minimum Gasteiger partial charge on any atom is -0.392 e. The van der Waals surface area contributed by atoms with E-state index in [0.717, 1.165) is 38.2 Å². The first kappa shape index (κ1) is 12.4. The molecule has 1 aliphatic rings. The van der Waals surface area contributed by atoms with Crippen molar-refractivity contribution in [3.05, 3.63) is 48.5 Å². The van der Waals surface area contributed by atoms with Gasteiger partial charge in [0.15, 0.2) is 0 Å². The van der Waals surface area contributed by atoms with Gasteiger partial charge in [-0.2, -0.15) is 0 Å². The third-order valence-corrected chi connectivity index (χ3v) is 3.63. The molecule has 2 aromatic rings. The molecule has 0 aliphatic carbocycles. The topological polar surface area (TPSA) is 41.3 Å². The molecule has 1 fully saturated rings. The van der Waals surface area contributed by atoms with E-state index in [-0.39, 0.29) is 6.10 Å². The molecule has 1 aromatic heterocycles. The summed E-state index contributed by atoms with van der Waals surface area (Å²) in [5, 5.41) is 9.67. The lowest BCUT2D eigenvalue weighted by Crippen LogP contribution is -2.37. The zero-order valence-electron chi connectivity index (χ0n) is 10.9. The molecular weight excluding hydrogens is 238 g/mol. The van der Waals surface area contributed by atoms with Gasteiger partial charge in [0.05, 0.1) is 12.4 Å². The number of likely N-dealkylation sites (tertiary alicyclic amines) is 1. The van der Waals surface area contributed by atoms with E-state index in [1.165, 1.54) is 5.56 Å². The first-order chi connectivity index (χ1) is 9.31. The number of aliphatic hydroxyl groups excluding tert-OH is 1. The number of hydrogen-bond donors (Lipinski definition) is 1. The Bertz CT molecular complexity index is 507. The van der Waals surface area contributed by atoms with Crippen LogP contribution in [0.1, 0.15) is 18.4 Å². The van der Waals surface area contributed by atoms with E-state index in [1.807, 2.05) is 10.8 Å². The van der Waals surface area contributed by atoms with E-state index in [2.05, 4.69) is 34.1 Å². The lowest BCUT2D eigenvalue weighted by Gasteiger charge is -2.29. The van der Waals surface area contributed by atoms with Gasteiger partial charge in [0.1, 0.15) is 0 Å². The molecule has 1 aromatic carbocycles. The van der Waals surface area contributed by atoms with Crippen molar-refractivity contribution in [3.63, 3.8) is 0 Å². The molecule has 0 bridgehead atoms. The van der Waals surface area contributed by atoms with Crippen LogP contribution >= 0.6 is 0 Å². The summed E-state index contributed by atoms with van der Waals surface area (Å²) in [7, 11) is 0. The monoisotopic (exact) mass is 257 g/mol. The summed E-state index contributed by atoms with van der Waals surface area (Å²) in [6.45, 7) is 2.80. The number of benzene rings is 1. The fourth-order valence-electron chi connectivity index (χ4n) is 2.62. The van der Waals surface area contributed by atoms with Gasteiger partial charge in [0.25, 0.3) is 0 Å². The second-order valence-electron chi connectivity index (χ2n) is 5.17. The maximum absolute atomic E-state index is 9.67. The van der Waals surface area contributed by atoms with Crippen molar-refractivity contribution in [2.75, 3.05) is 13.1 Å². The maximum atomic E-state index is 9.67. The molecule has 1 N–H and O–H groups in total. The van der Waals surface area contributed by atoms with Crippen LogP contribution in [0, 0.1) is 0 Å². The predicted molar refractivity (Wildman–Crippen MR) is 74.1 cm³/mol. The Kier molecular flexibility index (Phi) is 3.62. The van der Waals surface area contributed by atoms with Crippen molar-refractivity contribution in [1.82, 2.24) is 14.5 Å². The van der Waals surface area contributed by atoms with Gasteiger partial charge in [0, 0.05) is 31.2 Å². The van der Waals surface area contributed by atoms with E-state index in [4.69, 9.17) is 0 Å². The summed E-state index contributed by atoms with van der Waals surface area (Å²) >= 11 is 0. The minimum absolute atomic E-state index is 0.154. The Labute approximate surface area is 113 Å². The van der Waals surface area contributed by atoms with Crippen molar-refractivity contribution in [3.8, 4) is 5.69 Å². The highest BCUT2D eigenvalue weighted by Gasteiger charge is 2.17. The largest absolute Gasteiger partial charge is 0.392 e. The smallest absolute Gasteiger partial charge is 0.0991 e. The van der Waals surface area contributed by atoms with E-state index in [1.54, 1.807) is 12.5 Å². The molecule has 0 spiro atoms. The van der Waals surface area contributed by atoms with Crippen LogP contribution in [0.4, 0.5) is 0 Å². The van der Waals surface area contributed by atoms with E-state index in [9.17, 15) is 5.11 Å². The minimum atomic E-state index is -0.154. The molecule has 4 heteroatoms. The third-order valence-electron chi connectivity index (χ3n) is 3.63. The van der Waals surface area contributed by atoms with Gasteiger partial charge in [-0.3, -0.25) is 4.90 Å². The van der Waals surface area contributed by atoms with Gasteiger partial charge in [-0.05, 0) is 37.1 Å². The highest BCUT2D eigenvalue weighted by molar-refractivity contribution is 5.34. The standard InChI is InChI=1S/C15H19N3O/c19-15-2-1-8-17(11-15)10-13-3-5-14(6-4-13)18-9-7-16-12-18/h3-7,9,12,15,19H,1-2,8,10-11H2. The average Bonchev–Trinajstić information content (AvgIpc) is 2.94. The maximum Gasteiger partial charge on any atom is 0.0991 e. The molecule has 1 saturated heterocycles. The fourth-order valence-corrected chi connectivity index (χ4v) is 2.62. The zero-order chi connectivity index (χ0) is 13.1. The zero-order valence-corrected chi connectivity index (χ0v) is 10.9. The number of aromatic nitrogens is 2. The van der Waals surface area contributed by atoms with Crippen molar-refractivity contribution < 1.29 is 5.11 Å². The average molecular weight is 257 g/mol. The summed E-state index contributed by atoms with van der Waals surface area (Å²) in [6.07, 6.45) is 7.40. The van der Waals surface area contributed by atoms with Crippen molar-refractivity contribution in [2.45, 2.75) is 25.5 Å². The van der Waals surface area contributed by atoms with Gasteiger partial charge in [-0.15, -0.1) is 0 Å². The Morgan fingerprint density at radius 1 is 1.26 bits per heavy atom. The van der Waals surface area contributed by atoms with Crippen LogP contribution in [-0.4, -0.2) is 38.8 Å². The van der Waals surface area contributed by atoms with Gasteiger partial charge in [0.2, 0.25) is 0 Å². The number of nitrogens with zero attached hydrogens (tertiary/aromatic N) is 3. The highest BCUT2D eigenvalue weighted by Crippen LogP contribution is 2.15. The van der Waals surface area contributed by atoms with E-state index >= 15 is 0 Å². The summed E-state index contributed by atoms with van der Waals surface area (Å²) in [4.78, 5) is 6.37. The number of β-amino-alcohol motifs (C(OH)–C–C–N with tert-alkyl or cyclic N) is 1. The summed E-state index contributed by atoms with van der Waals surface area (Å²) in [5.41, 5.74) is 2.41. The Balaban J connectivity index is 1.66.